The Bertz CT molecular complexity index is 1050. The minimum Gasteiger partial charge on any atom is -0.388 e. The SMILES string of the molecule is N=C(N)CCC[C@H](NS(=O)(=O)Cc1ccccc1)C(=O)N(N)[C@@H](Cc1ccccc1)C(N)=O. The fourth-order valence-electron chi connectivity index (χ4n) is 3.29. The van der Waals surface area contributed by atoms with Gasteiger partial charge in [-0.3, -0.25) is 20.0 Å². The molecule has 2 atom stereocenters. The average molecular weight is 475 g/mol. The van der Waals surface area contributed by atoms with Gasteiger partial charge in [0, 0.05) is 12.8 Å². The van der Waals surface area contributed by atoms with Gasteiger partial charge in [-0.25, -0.2) is 19.0 Å². The zero-order valence-electron chi connectivity index (χ0n) is 18.2. The molecule has 0 saturated heterocycles. The van der Waals surface area contributed by atoms with Gasteiger partial charge >= 0.3 is 0 Å². The first kappa shape index (κ1) is 26.0. The van der Waals surface area contributed by atoms with E-state index in [9.17, 15) is 18.0 Å². The molecule has 0 aliphatic carbocycles. The van der Waals surface area contributed by atoms with Crippen LogP contribution in [0.4, 0.5) is 0 Å². The Morgan fingerprint density at radius 1 is 0.970 bits per heavy atom. The van der Waals surface area contributed by atoms with Crippen molar-refractivity contribution in [3.05, 3.63) is 71.8 Å². The van der Waals surface area contributed by atoms with Crippen LogP contribution in [-0.4, -0.2) is 43.2 Å². The van der Waals surface area contributed by atoms with Gasteiger partial charge in [0.1, 0.15) is 12.1 Å². The molecule has 2 aromatic carbocycles. The molecule has 2 rings (SSSR count). The van der Waals surface area contributed by atoms with Crippen molar-refractivity contribution in [1.29, 1.82) is 5.41 Å². The minimum absolute atomic E-state index is 0.0386. The third-order valence-electron chi connectivity index (χ3n) is 4.95. The number of sulfonamides is 1. The van der Waals surface area contributed by atoms with E-state index >= 15 is 0 Å². The van der Waals surface area contributed by atoms with Crippen LogP contribution in [0, 0.1) is 5.41 Å². The second kappa shape index (κ2) is 12.1. The Balaban J connectivity index is 2.21. The predicted octanol–water partition coefficient (Wildman–Crippen LogP) is 0.380. The molecule has 0 bridgehead atoms. The largest absolute Gasteiger partial charge is 0.388 e. The fraction of sp³-hybridized carbons (Fsp3) is 0.318. The van der Waals surface area contributed by atoms with Crippen LogP contribution in [0.5, 0.6) is 0 Å². The maximum Gasteiger partial charge on any atom is 0.255 e. The lowest BCUT2D eigenvalue weighted by Gasteiger charge is -2.29. The van der Waals surface area contributed by atoms with Gasteiger partial charge in [0.25, 0.3) is 5.91 Å². The Morgan fingerprint density at radius 2 is 1.52 bits per heavy atom. The topological polar surface area (TPSA) is 185 Å². The quantitative estimate of drug-likeness (QED) is 0.0918. The minimum atomic E-state index is -3.92. The van der Waals surface area contributed by atoms with Crippen LogP contribution in [0.2, 0.25) is 0 Å². The second-order valence-electron chi connectivity index (χ2n) is 7.69. The van der Waals surface area contributed by atoms with E-state index < -0.39 is 33.9 Å². The summed E-state index contributed by atoms with van der Waals surface area (Å²) in [4.78, 5) is 25.2. The number of carbonyl (C=O) groups is 2. The maximum atomic E-state index is 13.2. The van der Waals surface area contributed by atoms with Crippen molar-refractivity contribution in [3.8, 4) is 0 Å². The molecular weight excluding hydrogens is 444 g/mol. The molecule has 0 spiro atoms. The highest BCUT2D eigenvalue weighted by Gasteiger charge is 2.33. The van der Waals surface area contributed by atoms with Crippen LogP contribution in [-0.2, 0) is 31.8 Å². The van der Waals surface area contributed by atoms with Crippen molar-refractivity contribution in [3.63, 3.8) is 0 Å². The van der Waals surface area contributed by atoms with Gasteiger partial charge in [-0.05, 0) is 24.0 Å². The van der Waals surface area contributed by atoms with Crippen LogP contribution < -0.4 is 22.0 Å². The van der Waals surface area contributed by atoms with Crippen molar-refractivity contribution in [2.45, 2.75) is 43.5 Å². The number of benzene rings is 2. The third kappa shape index (κ3) is 8.64. The summed E-state index contributed by atoms with van der Waals surface area (Å²) in [6.45, 7) is 0. The smallest absolute Gasteiger partial charge is 0.255 e. The standard InChI is InChI=1S/C22H30N6O4S/c23-20(24)13-7-12-18(27-33(31,32)15-17-10-5-2-6-11-17)22(30)28(26)19(21(25)29)14-16-8-3-1-4-9-16/h1-6,8-11,18-19,27H,7,12-15,26H2,(H3,23,24)(H2,25,29)/t18-,19-/m0/s1. The number of nitrogens with one attached hydrogen (secondary N) is 2. The average Bonchev–Trinajstić information content (AvgIpc) is 2.76. The zero-order valence-corrected chi connectivity index (χ0v) is 19.0. The second-order valence-corrected chi connectivity index (χ2v) is 9.44. The lowest BCUT2D eigenvalue weighted by molar-refractivity contribution is -0.141. The Labute approximate surface area is 193 Å². The van der Waals surface area contributed by atoms with Crippen molar-refractivity contribution >= 4 is 27.7 Å². The third-order valence-corrected chi connectivity index (χ3v) is 6.31. The number of hydrazine groups is 1. The normalized spacial score (nSPS) is 13.1. The maximum absolute atomic E-state index is 13.2. The lowest BCUT2D eigenvalue weighted by Crippen LogP contribution is -2.58. The summed E-state index contributed by atoms with van der Waals surface area (Å²) in [7, 11) is -3.92. The molecule has 0 heterocycles. The van der Waals surface area contributed by atoms with Crippen LogP contribution in [0.1, 0.15) is 30.4 Å². The summed E-state index contributed by atoms with van der Waals surface area (Å²) in [5, 5.41) is 8.06. The highest BCUT2D eigenvalue weighted by atomic mass is 32.2. The molecule has 8 N–H and O–H groups in total. The van der Waals surface area contributed by atoms with Crippen LogP contribution in [0.15, 0.2) is 60.7 Å². The van der Waals surface area contributed by atoms with E-state index in [4.69, 9.17) is 22.7 Å². The van der Waals surface area contributed by atoms with E-state index in [1.165, 1.54) is 0 Å². The molecule has 0 saturated carbocycles. The first-order valence-corrected chi connectivity index (χ1v) is 12.0. The number of nitrogens with two attached hydrogens (primary N) is 3. The van der Waals surface area contributed by atoms with Crippen molar-refractivity contribution in [2.24, 2.45) is 17.3 Å². The van der Waals surface area contributed by atoms with Gasteiger partial charge in [0.15, 0.2) is 0 Å². The number of amidine groups is 1. The van der Waals surface area contributed by atoms with Gasteiger partial charge in [-0.15, -0.1) is 0 Å². The zero-order chi connectivity index (χ0) is 24.4. The van der Waals surface area contributed by atoms with E-state index in [-0.39, 0.29) is 37.3 Å². The number of carbonyl (C=O) groups excluding carboxylic acids is 2. The van der Waals surface area contributed by atoms with Crippen molar-refractivity contribution in [1.82, 2.24) is 9.73 Å². The fourth-order valence-corrected chi connectivity index (χ4v) is 4.66. The number of nitrogens with zero attached hydrogens (tertiary/aromatic N) is 1. The molecule has 0 aliphatic heterocycles. The van der Waals surface area contributed by atoms with Gasteiger partial charge in [-0.1, -0.05) is 60.7 Å². The Morgan fingerprint density at radius 3 is 2.03 bits per heavy atom. The first-order valence-electron chi connectivity index (χ1n) is 10.4. The lowest BCUT2D eigenvalue weighted by atomic mass is 10.0. The van der Waals surface area contributed by atoms with Gasteiger partial charge < -0.3 is 11.5 Å². The summed E-state index contributed by atoms with van der Waals surface area (Å²) in [5.74, 6) is 3.96. The number of primary amides is 1. The van der Waals surface area contributed by atoms with Gasteiger partial charge in [0.05, 0.1) is 11.6 Å². The van der Waals surface area contributed by atoms with Crippen LogP contribution in [0.3, 0.4) is 0 Å². The highest BCUT2D eigenvalue weighted by molar-refractivity contribution is 7.88. The summed E-state index contributed by atoms with van der Waals surface area (Å²) in [6, 6.07) is 15.0. The molecule has 11 heteroatoms. The highest BCUT2D eigenvalue weighted by Crippen LogP contribution is 2.13. The molecule has 178 valence electrons. The monoisotopic (exact) mass is 474 g/mol. The molecule has 0 fully saturated rings. The first-order chi connectivity index (χ1) is 15.6. The van der Waals surface area contributed by atoms with Crippen LogP contribution in [0.25, 0.3) is 0 Å². The molecule has 0 radical (unpaired) electrons. The van der Waals surface area contributed by atoms with Crippen molar-refractivity contribution < 1.29 is 18.0 Å². The van der Waals surface area contributed by atoms with Crippen LogP contribution >= 0.6 is 0 Å². The van der Waals surface area contributed by atoms with E-state index in [0.717, 1.165) is 5.56 Å². The van der Waals surface area contributed by atoms with E-state index in [1.54, 1.807) is 60.7 Å². The van der Waals surface area contributed by atoms with E-state index in [2.05, 4.69) is 4.72 Å². The molecule has 0 aliphatic rings. The molecule has 10 nitrogen and oxygen atoms in total. The number of amides is 2. The summed E-state index contributed by atoms with van der Waals surface area (Å²) in [6.07, 6.45) is 0.567. The summed E-state index contributed by atoms with van der Waals surface area (Å²) >= 11 is 0. The Hall–Kier alpha value is -3.28. The predicted molar refractivity (Wildman–Crippen MR) is 126 cm³/mol. The van der Waals surface area contributed by atoms with E-state index in [0.29, 0.717) is 10.6 Å². The molecule has 33 heavy (non-hydrogen) atoms. The molecule has 2 aromatic rings. The van der Waals surface area contributed by atoms with E-state index in [1.807, 2.05) is 0 Å². The summed E-state index contributed by atoms with van der Waals surface area (Å²) < 4.78 is 27.9. The molecular formula is C22H30N6O4S. The van der Waals surface area contributed by atoms with Gasteiger partial charge in [0.2, 0.25) is 15.9 Å². The molecule has 2 amide bonds. The molecule has 0 unspecified atom stereocenters. The molecule has 0 aromatic heterocycles. The number of hydrogen-bond acceptors (Lipinski definition) is 6. The van der Waals surface area contributed by atoms with Crippen molar-refractivity contribution in [2.75, 3.05) is 0 Å². The summed E-state index contributed by atoms with van der Waals surface area (Å²) in [5.41, 5.74) is 12.2. The number of rotatable bonds is 13. The Kier molecular flexibility index (Phi) is 9.52. The number of hydrogen-bond donors (Lipinski definition) is 5. The van der Waals surface area contributed by atoms with Gasteiger partial charge in [-0.2, -0.15) is 0 Å².